The van der Waals surface area contributed by atoms with Crippen molar-refractivity contribution in [3.8, 4) is 0 Å². The maximum Gasteiger partial charge on any atom is 0.390 e. The Morgan fingerprint density at radius 2 is 1.91 bits per heavy atom. The van der Waals surface area contributed by atoms with Crippen LogP contribution in [0.25, 0.3) is 0 Å². The molecule has 0 rings (SSSR count). The van der Waals surface area contributed by atoms with Crippen LogP contribution in [0.15, 0.2) is 0 Å². The number of carboxylic acid groups (broad SMARTS) is 1. The molecule has 7 heteroatoms. The summed E-state index contributed by atoms with van der Waals surface area (Å²) in [7, 11) is 0. The molecule has 0 aromatic heterocycles. The van der Waals surface area contributed by atoms with Crippen LogP contribution < -0.4 is 0 Å². The van der Waals surface area contributed by atoms with Crippen LogP contribution in [0.2, 0.25) is 0 Å². The summed E-state index contributed by atoms with van der Waals surface area (Å²) >= 11 is 6.89. The van der Waals surface area contributed by atoms with Gasteiger partial charge in [0.05, 0.1) is 5.33 Å². The molecule has 66 valence electrons. The Hall–Kier alpha value is 0.0300. The third-order valence-electron chi connectivity index (χ3n) is 0.896. The van der Waals surface area contributed by atoms with Crippen molar-refractivity contribution in [3.63, 3.8) is 0 Å². The minimum atomic E-state index is -4.59. The Balaban J connectivity index is 4.67. The fourth-order valence-corrected chi connectivity index (χ4v) is 0.673. The third kappa shape index (κ3) is 1.99. The molecule has 11 heavy (non-hydrogen) atoms. The Morgan fingerprint density at radius 1 is 1.55 bits per heavy atom. The van der Waals surface area contributed by atoms with E-state index in [0.29, 0.717) is 0 Å². The highest BCUT2D eigenvalue weighted by Gasteiger charge is 2.59. The van der Waals surface area contributed by atoms with Crippen molar-refractivity contribution in [2.75, 3.05) is 5.33 Å². The monoisotopic (exact) mass is 254 g/mol. The van der Waals surface area contributed by atoms with E-state index in [1.54, 1.807) is 0 Å². The lowest BCUT2D eigenvalue weighted by molar-refractivity contribution is -0.177. The van der Waals surface area contributed by atoms with Gasteiger partial charge in [-0.05, 0) is 0 Å². The topological polar surface area (TPSA) is 37.3 Å². The Kier molecular flexibility index (Phi) is 3.19. The van der Waals surface area contributed by atoms with Crippen LogP contribution in [0.4, 0.5) is 13.2 Å². The Bertz CT molecular complexity index is 173. The molecule has 0 saturated carbocycles. The number of aliphatic carboxylic acids is 1. The van der Waals surface area contributed by atoms with Gasteiger partial charge in [-0.2, -0.15) is 8.78 Å². The van der Waals surface area contributed by atoms with Gasteiger partial charge in [0.1, 0.15) is 0 Å². The van der Waals surface area contributed by atoms with E-state index < -0.39 is 22.3 Å². The molecule has 1 N–H and O–H groups in total. The van der Waals surface area contributed by atoms with Crippen molar-refractivity contribution in [3.05, 3.63) is 0 Å². The van der Waals surface area contributed by atoms with Gasteiger partial charge in [0.2, 0.25) is 0 Å². The summed E-state index contributed by atoms with van der Waals surface area (Å²) < 4.78 is 36.8. The molecule has 0 bridgehead atoms. The van der Waals surface area contributed by atoms with Gasteiger partial charge in [-0.25, -0.2) is 9.18 Å². The lowest BCUT2D eigenvalue weighted by atomic mass is 10.2. The lowest BCUT2D eigenvalue weighted by Crippen LogP contribution is -2.47. The first-order chi connectivity index (χ1) is 4.75. The molecule has 1 unspecified atom stereocenters. The quantitative estimate of drug-likeness (QED) is 0.783. The Morgan fingerprint density at radius 3 is 2.00 bits per heavy atom. The van der Waals surface area contributed by atoms with Gasteiger partial charge >= 0.3 is 11.9 Å². The standard InChI is InChI=1S/C4H3BrClF3O2/c5-1-3(6,7)4(8,9)2(10)11/h1H2,(H,10,11). The van der Waals surface area contributed by atoms with E-state index in [-0.39, 0.29) is 0 Å². The summed E-state index contributed by atoms with van der Waals surface area (Å²) in [4.78, 5) is 9.73. The number of alkyl halides is 5. The molecule has 0 radical (unpaired) electrons. The van der Waals surface area contributed by atoms with Gasteiger partial charge in [0.15, 0.2) is 0 Å². The molecule has 0 aromatic carbocycles. The number of hydrogen-bond donors (Lipinski definition) is 1. The van der Waals surface area contributed by atoms with Gasteiger partial charge in [-0.1, -0.05) is 27.5 Å². The smallest absolute Gasteiger partial charge is 0.390 e. The highest BCUT2D eigenvalue weighted by Crippen LogP contribution is 2.37. The lowest BCUT2D eigenvalue weighted by Gasteiger charge is -2.21. The first-order valence-corrected chi connectivity index (χ1v) is 3.80. The van der Waals surface area contributed by atoms with Crippen LogP contribution in [-0.4, -0.2) is 27.5 Å². The molecule has 0 heterocycles. The molecule has 0 saturated heterocycles. The molecule has 0 aliphatic heterocycles. The first kappa shape index (κ1) is 11.0. The maximum atomic E-state index is 12.4. The molecule has 0 aliphatic rings. The first-order valence-electron chi connectivity index (χ1n) is 2.30. The number of carbonyl (C=O) groups is 1. The van der Waals surface area contributed by atoms with Gasteiger partial charge in [0, 0.05) is 0 Å². The van der Waals surface area contributed by atoms with Gasteiger partial charge in [-0.3, -0.25) is 0 Å². The van der Waals surface area contributed by atoms with Crippen LogP contribution in [0.5, 0.6) is 0 Å². The van der Waals surface area contributed by atoms with Crippen molar-refractivity contribution < 1.29 is 23.1 Å². The van der Waals surface area contributed by atoms with Crippen LogP contribution in [0.3, 0.4) is 0 Å². The van der Waals surface area contributed by atoms with Gasteiger partial charge in [-0.15, -0.1) is 0 Å². The number of hydrogen-bond acceptors (Lipinski definition) is 1. The molecule has 0 aliphatic carbocycles. The summed E-state index contributed by atoms with van der Waals surface area (Å²) in [5, 5.41) is 3.27. The molecule has 0 amide bonds. The van der Waals surface area contributed by atoms with Crippen molar-refractivity contribution in [1.82, 2.24) is 0 Å². The van der Waals surface area contributed by atoms with E-state index in [0.717, 1.165) is 0 Å². The normalized spacial score (nSPS) is 17.5. The van der Waals surface area contributed by atoms with Crippen LogP contribution in [0, 0.1) is 0 Å². The zero-order valence-electron chi connectivity index (χ0n) is 4.95. The van der Waals surface area contributed by atoms with E-state index in [2.05, 4.69) is 27.5 Å². The van der Waals surface area contributed by atoms with Crippen LogP contribution >= 0.6 is 27.5 Å². The van der Waals surface area contributed by atoms with Crippen LogP contribution in [-0.2, 0) is 4.79 Å². The van der Waals surface area contributed by atoms with E-state index >= 15 is 0 Å². The third-order valence-corrected chi connectivity index (χ3v) is 2.36. The predicted octanol–water partition coefficient (Wildman–Crippen LogP) is 2.01. The largest absolute Gasteiger partial charge is 0.477 e. The molecule has 0 fully saturated rings. The van der Waals surface area contributed by atoms with Crippen molar-refractivity contribution in [1.29, 1.82) is 0 Å². The second kappa shape index (κ2) is 3.18. The predicted molar refractivity (Wildman–Crippen MR) is 36.1 cm³/mol. The van der Waals surface area contributed by atoms with Crippen molar-refractivity contribution >= 4 is 33.5 Å². The van der Waals surface area contributed by atoms with Crippen molar-refractivity contribution in [2.45, 2.75) is 11.1 Å². The van der Waals surface area contributed by atoms with E-state index in [9.17, 15) is 18.0 Å². The summed E-state index contributed by atoms with van der Waals surface area (Å²) in [6.07, 6.45) is 0. The van der Waals surface area contributed by atoms with Crippen LogP contribution in [0.1, 0.15) is 0 Å². The second-order valence-corrected chi connectivity index (χ2v) is 2.88. The van der Waals surface area contributed by atoms with Gasteiger partial charge < -0.3 is 5.11 Å². The van der Waals surface area contributed by atoms with E-state index in [1.165, 1.54) is 0 Å². The number of halogens is 5. The van der Waals surface area contributed by atoms with E-state index in [4.69, 9.17) is 5.11 Å². The molecule has 0 aromatic rings. The summed E-state index contributed by atoms with van der Waals surface area (Å²) in [6, 6.07) is 0. The second-order valence-electron chi connectivity index (χ2n) is 1.72. The molecule has 1 atom stereocenters. The van der Waals surface area contributed by atoms with E-state index in [1.807, 2.05) is 0 Å². The minimum Gasteiger partial charge on any atom is -0.477 e. The number of rotatable bonds is 3. The molecular formula is C4H3BrClF3O2. The minimum absolute atomic E-state index is 0.957. The highest BCUT2D eigenvalue weighted by atomic mass is 79.9. The number of carboxylic acids is 1. The zero-order chi connectivity index (χ0) is 9.28. The highest BCUT2D eigenvalue weighted by molar-refractivity contribution is 9.09. The fraction of sp³-hybridized carbons (Fsp3) is 0.750. The molecule has 2 nitrogen and oxygen atoms in total. The average Bonchev–Trinajstić information content (AvgIpc) is 1.87. The van der Waals surface area contributed by atoms with Gasteiger partial charge in [0.25, 0.3) is 5.13 Å². The maximum absolute atomic E-state index is 12.4. The zero-order valence-corrected chi connectivity index (χ0v) is 7.29. The fourth-order valence-electron chi connectivity index (χ4n) is 0.240. The SMILES string of the molecule is O=C(O)C(F)(F)C(F)(Cl)CBr. The summed E-state index contributed by atoms with van der Waals surface area (Å²) in [5.74, 6) is -7.17. The summed E-state index contributed by atoms with van der Waals surface area (Å²) in [6.45, 7) is 0. The molecular weight excluding hydrogens is 252 g/mol. The van der Waals surface area contributed by atoms with Crippen molar-refractivity contribution in [2.24, 2.45) is 0 Å². The molecule has 0 spiro atoms. The Labute approximate surface area is 73.5 Å². The summed E-state index contributed by atoms with van der Waals surface area (Å²) in [5.41, 5.74) is 0. The average molecular weight is 255 g/mol.